The second-order valence-corrected chi connectivity index (χ2v) is 13.9. The molecule has 0 aromatic heterocycles. The van der Waals surface area contributed by atoms with Crippen LogP contribution in [0, 0.1) is 24.6 Å². The molecule has 3 rings (SSSR count). The van der Waals surface area contributed by atoms with Crippen LogP contribution in [-0.4, -0.2) is 45.9 Å². The molecule has 0 aliphatic carbocycles. The highest BCUT2D eigenvalue weighted by molar-refractivity contribution is 7.84. The molecule has 1 aliphatic rings. The van der Waals surface area contributed by atoms with Crippen LogP contribution in [0.1, 0.15) is 64.3 Å². The number of piperazine rings is 1. The van der Waals surface area contributed by atoms with Gasteiger partial charge in [-0.15, -0.1) is 0 Å². The van der Waals surface area contributed by atoms with E-state index in [1.807, 2.05) is 32.6 Å². The molecule has 1 N–H and O–H groups in total. The minimum absolute atomic E-state index is 0.0421. The lowest BCUT2D eigenvalue weighted by Gasteiger charge is -2.39. The Balaban J connectivity index is 1.72. The Bertz CT molecular complexity index is 1130. The second-order valence-electron chi connectivity index (χ2n) is 11.4. The SMILES string of the molecule is Cc1ccc(N2CCN(C(=O)[C@H](C)Cc3ccc(Cl)cc3F)CC2)c([C@@H](NS(=O)C(C)(C)C)C(C)C)c1. The van der Waals surface area contributed by atoms with Crippen LogP contribution in [0.25, 0.3) is 0 Å². The molecule has 2 aromatic carbocycles. The number of aryl methyl sites for hydroxylation is 1. The summed E-state index contributed by atoms with van der Waals surface area (Å²) >= 11 is 5.86. The van der Waals surface area contributed by atoms with Gasteiger partial charge in [0.1, 0.15) is 5.82 Å². The van der Waals surface area contributed by atoms with Crippen molar-refractivity contribution in [2.45, 2.75) is 65.7 Å². The van der Waals surface area contributed by atoms with Gasteiger partial charge in [0, 0.05) is 48.8 Å². The minimum Gasteiger partial charge on any atom is -0.368 e. The summed E-state index contributed by atoms with van der Waals surface area (Å²) in [4.78, 5) is 17.4. The first kappa shape index (κ1) is 29.6. The lowest BCUT2D eigenvalue weighted by atomic mass is 9.93. The fraction of sp³-hybridized carbons (Fsp3) is 0.552. The van der Waals surface area contributed by atoms with Crippen molar-refractivity contribution in [2.24, 2.45) is 11.8 Å². The predicted octanol–water partition coefficient (Wildman–Crippen LogP) is 6.06. The lowest BCUT2D eigenvalue weighted by molar-refractivity contribution is -0.135. The van der Waals surface area contributed by atoms with Crippen LogP contribution in [0.5, 0.6) is 0 Å². The minimum atomic E-state index is -1.20. The third kappa shape index (κ3) is 7.55. The third-order valence-electron chi connectivity index (χ3n) is 6.87. The van der Waals surface area contributed by atoms with Gasteiger partial charge in [0.15, 0.2) is 0 Å². The highest BCUT2D eigenvalue weighted by atomic mass is 35.5. The summed E-state index contributed by atoms with van der Waals surface area (Å²) in [7, 11) is -1.20. The molecule has 204 valence electrons. The summed E-state index contributed by atoms with van der Waals surface area (Å²) in [5, 5.41) is 0.353. The summed E-state index contributed by atoms with van der Waals surface area (Å²) in [6, 6.07) is 11.0. The van der Waals surface area contributed by atoms with E-state index in [0.29, 0.717) is 43.2 Å². The van der Waals surface area contributed by atoms with Crippen LogP contribution < -0.4 is 9.62 Å². The number of nitrogens with one attached hydrogen (secondary N) is 1. The lowest BCUT2D eigenvalue weighted by Crippen LogP contribution is -2.50. The number of amides is 1. The zero-order valence-corrected chi connectivity index (χ0v) is 24.7. The zero-order chi connectivity index (χ0) is 27.5. The van der Waals surface area contributed by atoms with Gasteiger partial charge in [-0.25, -0.2) is 13.3 Å². The van der Waals surface area contributed by atoms with E-state index < -0.39 is 11.0 Å². The zero-order valence-electron chi connectivity index (χ0n) is 23.1. The highest BCUT2D eigenvalue weighted by Gasteiger charge is 2.30. The molecule has 3 atom stereocenters. The van der Waals surface area contributed by atoms with Crippen LogP contribution in [0.3, 0.4) is 0 Å². The Morgan fingerprint density at radius 2 is 1.73 bits per heavy atom. The molecule has 1 fully saturated rings. The van der Waals surface area contributed by atoms with Gasteiger partial charge in [-0.1, -0.05) is 56.1 Å². The molecule has 8 heteroatoms. The van der Waals surface area contributed by atoms with E-state index in [4.69, 9.17) is 11.6 Å². The average Bonchev–Trinajstić information content (AvgIpc) is 2.83. The van der Waals surface area contributed by atoms with Crippen LogP contribution in [0.15, 0.2) is 36.4 Å². The summed E-state index contributed by atoms with van der Waals surface area (Å²) in [5.74, 6) is -0.409. The van der Waals surface area contributed by atoms with Gasteiger partial charge in [0.05, 0.1) is 15.7 Å². The number of halogens is 2. The van der Waals surface area contributed by atoms with Crippen molar-refractivity contribution in [2.75, 3.05) is 31.1 Å². The number of rotatable bonds is 8. The Morgan fingerprint density at radius 1 is 1.08 bits per heavy atom. The Labute approximate surface area is 229 Å². The maximum absolute atomic E-state index is 14.2. The molecule has 1 amide bonds. The maximum Gasteiger partial charge on any atom is 0.225 e. The van der Waals surface area contributed by atoms with Gasteiger partial charge in [-0.3, -0.25) is 4.79 Å². The number of carbonyl (C=O) groups excluding carboxylic acids is 1. The van der Waals surface area contributed by atoms with Crippen molar-refractivity contribution >= 4 is 34.2 Å². The first-order chi connectivity index (χ1) is 17.3. The van der Waals surface area contributed by atoms with Gasteiger partial charge >= 0.3 is 0 Å². The molecule has 1 aliphatic heterocycles. The van der Waals surface area contributed by atoms with Gasteiger partial charge in [0.2, 0.25) is 5.91 Å². The monoisotopic (exact) mass is 549 g/mol. The standard InChI is InChI=1S/C29H41ClFN3O2S/c1-19(2)27(32-37(36)29(5,6)7)24-16-20(3)8-11-26(24)33-12-14-34(15-13-33)28(35)21(4)17-22-9-10-23(30)18-25(22)31/h8-11,16,18-19,21,27,32H,12-15,17H2,1-7H3/t21-,27+,37?/m1/s1. The largest absolute Gasteiger partial charge is 0.368 e. The van der Waals surface area contributed by atoms with E-state index in [1.165, 1.54) is 6.07 Å². The number of hydrogen-bond donors (Lipinski definition) is 1. The predicted molar refractivity (Wildman–Crippen MR) is 153 cm³/mol. The number of nitrogens with zero attached hydrogens (tertiary/aromatic N) is 2. The molecule has 1 unspecified atom stereocenters. The molecule has 0 bridgehead atoms. The van der Waals surface area contributed by atoms with Gasteiger partial charge in [0.25, 0.3) is 0 Å². The van der Waals surface area contributed by atoms with Crippen molar-refractivity contribution < 1.29 is 13.4 Å². The van der Waals surface area contributed by atoms with Crippen molar-refractivity contribution in [3.05, 3.63) is 63.9 Å². The number of benzene rings is 2. The molecule has 0 saturated carbocycles. The number of carbonyl (C=O) groups is 1. The molecule has 5 nitrogen and oxygen atoms in total. The van der Waals surface area contributed by atoms with Gasteiger partial charge in [-0.2, -0.15) is 0 Å². The second kappa shape index (κ2) is 12.3. The first-order valence-corrected chi connectivity index (χ1v) is 14.6. The molecule has 0 spiro atoms. The molecule has 1 heterocycles. The smallest absolute Gasteiger partial charge is 0.225 e. The number of hydrogen-bond acceptors (Lipinski definition) is 3. The van der Waals surface area contributed by atoms with E-state index in [2.05, 4.69) is 48.6 Å². The topological polar surface area (TPSA) is 52.6 Å². The Hall–Kier alpha value is -1.96. The molecule has 0 radical (unpaired) electrons. The summed E-state index contributed by atoms with van der Waals surface area (Å²) in [5.41, 5.74) is 3.92. The van der Waals surface area contributed by atoms with Crippen LogP contribution in [0.4, 0.5) is 10.1 Å². The first-order valence-electron chi connectivity index (χ1n) is 13.0. The maximum atomic E-state index is 14.2. The van der Waals surface area contributed by atoms with Gasteiger partial charge < -0.3 is 9.80 Å². The van der Waals surface area contributed by atoms with Crippen LogP contribution >= 0.6 is 11.6 Å². The summed E-state index contributed by atoms with van der Waals surface area (Å²) in [6.45, 7) is 16.8. The summed E-state index contributed by atoms with van der Waals surface area (Å²) < 4.78 is 30.3. The van der Waals surface area contributed by atoms with E-state index in [9.17, 15) is 13.4 Å². The molecular formula is C29H41ClFN3O2S. The third-order valence-corrected chi connectivity index (χ3v) is 8.69. The fourth-order valence-electron chi connectivity index (χ4n) is 4.65. The Kier molecular flexibility index (Phi) is 9.81. The van der Waals surface area contributed by atoms with Crippen molar-refractivity contribution in [3.8, 4) is 0 Å². The van der Waals surface area contributed by atoms with E-state index in [0.717, 1.165) is 16.8 Å². The molecule has 2 aromatic rings. The summed E-state index contributed by atoms with van der Waals surface area (Å²) in [6.07, 6.45) is 0.344. The van der Waals surface area contributed by atoms with Gasteiger partial charge in [-0.05, 0) is 69.4 Å². The molecular weight excluding hydrogens is 509 g/mol. The van der Waals surface area contributed by atoms with Crippen LogP contribution in [-0.2, 0) is 22.2 Å². The number of anilines is 1. The molecule has 37 heavy (non-hydrogen) atoms. The van der Waals surface area contributed by atoms with E-state index in [-0.39, 0.29) is 34.3 Å². The average molecular weight is 550 g/mol. The van der Waals surface area contributed by atoms with Crippen molar-refractivity contribution in [1.82, 2.24) is 9.62 Å². The fourth-order valence-corrected chi connectivity index (χ4v) is 5.79. The van der Waals surface area contributed by atoms with Crippen molar-refractivity contribution in [3.63, 3.8) is 0 Å². The molecule has 1 saturated heterocycles. The van der Waals surface area contributed by atoms with E-state index >= 15 is 0 Å². The van der Waals surface area contributed by atoms with Crippen LogP contribution in [0.2, 0.25) is 5.02 Å². The Morgan fingerprint density at radius 3 is 2.30 bits per heavy atom. The quantitative estimate of drug-likeness (QED) is 0.435. The van der Waals surface area contributed by atoms with E-state index in [1.54, 1.807) is 12.1 Å². The highest BCUT2D eigenvalue weighted by Crippen LogP contribution is 2.34. The van der Waals surface area contributed by atoms with Crippen molar-refractivity contribution in [1.29, 1.82) is 0 Å². The normalized spacial score (nSPS) is 17.1.